The highest BCUT2D eigenvalue weighted by atomic mass is 16.5. The van der Waals surface area contributed by atoms with E-state index in [4.69, 9.17) is 9.47 Å². The monoisotopic (exact) mass is 210 g/mol. The zero-order valence-corrected chi connectivity index (χ0v) is 8.68. The van der Waals surface area contributed by atoms with Crippen molar-refractivity contribution in [1.29, 1.82) is 0 Å². The van der Waals surface area contributed by atoms with Crippen molar-refractivity contribution in [1.82, 2.24) is 9.78 Å². The Kier molecular flexibility index (Phi) is 3.01. The minimum Gasteiger partial charge on any atom is -0.495 e. The number of hydrogen-bond donors (Lipinski definition) is 0. The van der Waals surface area contributed by atoms with Crippen molar-refractivity contribution in [2.24, 2.45) is 0 Å². The van der Waals surface area contributed by atoms with Crippen LogP contribution < -0.4 is 10.3 Å². The van der Waals surface area contributed by atoms with Crippen molar-refractivity contribution in [2.75, 3.05) is 20.3 Å². The molecule has 82 valence electrons. The average Bonchev–Trinajstić information content (AvgIpc) is 2.30. The maximum absolute atomic E-state index is 11.7. The molecule has 0 amide bonds. The minimum atomic E-state index is -0.134. The molecule has 0 saturated carbocycles. The molecule has 2 heterocycles. The molecule has 2 rings (SSSR count). The van der Waals surface area contributed by atoms with Crippen molar-refractivity contribution in [3.05, 3.63) is 22.6 Å². The normalized spacial score (nSPS) is 21.3. The molecule has 15 heavy (non-hydrogen) atoms. The first-order valence-corrected chi connectivity index (χ1v) is 5.02. The second-order valence-electron chi connectivity index (χ2n) is 3.55. The van der Waals surface area contributed by atoms with Crippen LogP contribution >= 0.6 is 0 Å². The second-order valence-corrected chi connectivity index (χ2v) is 3.55. The fourth-order valence-corrected chi connectivity index (χ4v) is 1.70. The number of hydrogen-bond acceptors (Lipinski definition) is 4. The number of aromatic nitrogens is 2. The Labute approximate surface area is 87.6 Å². The molecule has 0 radical (unpaired) electrons. The first-order chi connectivity index (χ1) is 7.31. The number of methoxy groups -OCH3 is 1. The van der Waals surface area contributed by atoms with Gasteiger partial charge >= 0.3 is 0 Å². The molecule has 1 aliphatic rings. The van der Waals surface area contributed by atoms with Gasteiger partial charge in [0.05, 0.1) is 26.0 Å². The fourth-order valence-electron chi connectivity index (χ4n) is 1.70. The molecule has 1 fully saturated rings. The molecule has 1 aromatic heterocycles. The van der Waals surface area contributed by atoms with E-state index in [-0.39, 0.29) is 11.6 Å². The molecule has 0 bridgehead atoms. The highest BCUT2D eigenvalue weighted by Crippen LogP contribution is 2.16. The van der Waals surface area contributed by atoms with Crippen LogP contribution in [0.1, 0.15) is 18.9 Å². The molecule has 0 aromatic carbocycles. The van der Waals surface area contributed by atoms with Gasteiger partial charge < -0.3 is 9.47 Å². The van der Waals surface area contributed by atoms with Gasteiger partial charge in [-0.25, -0.2) is 4.68 Å². The number of nitrogens with zero attached hydrogens (tertiary/aromatic N) is 2. The summed E-state index contributed by atoms with van der Waals surface area (Å²) in [7, 11) is 1.52. The lowest BCUT2D eigenvalue weighted by molar-refractivity contribution is 0.0530. The van der Waals surface area contributed by atoms with Gasteiger partial charge in [-0.3, -0.25) is 4.79 Å². The van der Waals surface area contributed by atoms with Gasteiger partial charge in [-0.15, -0.1) is 0 Å². The van der Waals surface area contributed by atoms with E-state index in [1.165, 1.54) is 17.9 Å². The van der Waals surface area contributed by atoms with Gasteiger partial charge in [-0.2, -0.15) is 5.10 Å². The highest BCUT2D eigenvalue weighted by Gasteiger charge is 2.17. The minimum absolute atomic E-state index is 0.0668. The Bertz CT molecular complexity index is 382. The number of ether oxygens (including phenoxy) is 2. The van der Waals surface area contributed by atoms with Crippen LogP contribution in [0.5, 0.6) is 5.75 Å². The highest BCUT2D eigenvalue weighted by molar-refractivity contribution is 5.13. The van der Waals surface area contributed by atoms with E-state index >= 15 is 0 Å². The topological polar surface area (TPSA) is 53.4 Å². The van der Waals surface area contributed by atoms with Gasteiger partial charge in [0.2, 0.25) is 0 Å². The molecule has 1 atom stereocenters. The Hall–Kier alpha value is -1.36. The van der Waals surface area contributed by atoms with E-state index in [0.717, 1.165) is 19.4 Å². The Balaban J connectivity index is 2.24. The predicted molar refractivity (Wildman–Crippen MR) is 54.1 cm³/mol. The van der Waals surface area contributed by atoms with E-state index in [1.54, 1.807) is 6.20 Å². The Morgan fingerprint density at radius 3 is 3.13 bits per heavy atom. The first kappa shape index (κ1) is 10.2. The summed E-state index contributed by atoms with van der Waals surface area (Å²) < 4.78 is 11.7. The standard InChI is InChI=1S/C10H14N2O3/c1-14-9-5-10(13)12(11-6-9)8-3-2-4-15-7-8/h5-6,8H,2-4,7H2,1H3. The van der Waals surface area contributed by atoms with Gasteiger partial charge in [0.25, 0.3) is 5.56 Å². The van der Waals surface area contributed by atoms with E-state index in [0.29, 0.717) is 12.4 Å². The van der Waals surface area contributed by atoms with Gasteiger partial charge in [-0.05, 0) is 12.8 Å². The van der Waals surface area contributed by atoms with Crippen molar-refractivity contribution < 1.29 is 9.47 Å². The van der Waals surface area contributed by atoms with Crippen molar-refractivity contribution in [2.45, 2.75) is 18.9 Å². The number of rotatable bonds is 2. The lowest BCUT2D eigenvalue weighted by Gasteiger charge is -2.22. The molecule has 1 saturated heterocycles. The predicted octanol–water partition coefficient (Wildman–Crippen LogP) is 0.603. The molecular weight excluding hydrogens is 196 g/mol. The third-order valence-corrected chi connectivity index (χ3v) is 2.52. The van der Waals surface area contributed by atoms with Crippen molar-refractivity contribution in [3.8, 4) is 5.75 Å². The van der Waals surface area contributed by atoms with Crippen LogP contribution in [-0.4, -0.2) is 30.1 Å². The van der Waals surface area contributed by atoms with Crippen LogP contribution in [-0.2, 0) is 4.74 Å². The summed E-state index contributed by atoms with van der Waals surface area (Å²) in [5.74, 6) is 0.493. The van der Waals surface area contributed by atoms with Crippen LogP contribution in [0.4, 0.5) is 0 Å². The second kappa shape index (κ2) is 4.44. The molecular formula is C10H14N2O3. The first-order valence-electron chi connectivity index (χ1n) is 5.02. The fraction of sp³-hybridized carbons (Fsp3) is 0.600. The molecule has 1 aliphatic heterocycles. The molecule has 0 spiro atoms. The van der Waals surface area contributed by atoms with Gasteiger partial charge in [0.15, 0.2) is 0 Å². The summed E-state index contributed by atoms with van der Waals surface area (Å²) in [6.45, 7) is 1.35. The maximum Gasteiger partial charge on any atom is 0.270 e. The van der Waals surface area contributed by atoms with Crippen LogP contribution in [0, 0.1) is 0 Å². The van der Waals surface area contributed by atoms with E-state index in [9.17, 15) is 4.79 Å². The van der Waals surface area contributed by atoms with E-state index < -0.39 is 0 Å². The van der Waals surface area contributed by atoms with Crippen LogP contribution in [0.2, 0.25) is 0 Å². The average molecular weight is 210 g/mol. The zero-order valence-electron chi connectivity index (χ0n) is 8.68. The molecule has 0 N–H and O–H groups in total. The molecule has 1 unspecified atom stereocenters. The Morgan fingerprint density at radius 1 is 1.67 bits per heavy atom. The summed E-state index contributed by atoms with van der Waals surface area (Å²) in [6.07, 6.45) is 3.47. The quantitative estimate of drug-likeness (QED) is 0.717. The smallest absolute Gasteiger partial charge is 0.270 e. The van der Waals surface area contributed by atoms with Crippen LogP contribution in [0.3, 0.4) is 0 Å². The third kappa shape index (κ3) is 2.18. The Morgan fingerprint density at radius 2 is 2.53 bits per heavy atom. The molecule has 0 aliphatic carbocycles. The van der Waals surface area contributed by atoms with Gasteiger partial charge in [-0.1, -0.05) is 0 Å². The van der Waals surface area contributed by atoms with Crippen LogP contribution in [0.25, 0.3) is 0 Å². The lowest BCUT2D eigenvalue weighted by Crippen LogP contribution is -2.31. The molecule has 1 aromatic rings. The summed E-state index contributed by atoms with van der Waals surface area (Å²) >= 11 is 0. The van der Waals surface area contributed by atoms with Gasteiger partial charge in [0, 0.05) is 12.7 Å². The summed E-state index contributed by atoms with van der Waals surface area (Å²) in [4.78, 5) is 11.7. The molecule has 5 heteroatoms. The third-order valence-electron chi connectivity index (χ3n) is 2.52. The summed E-state index contributed by atoms with van der Waals surface area (Å²) in [6, 6.07) is 1.51. The van der Waals surface area contributed by atoms with Gasteiger partial charge in [0.1, 0.15) is 5.75 Å². The maximum atomic E-state index is 11.7. The summed E-state index contributed by atoms with van der Waals surface area (Å²) in [5.41, 5.74) is -0.134. The van der Waals surface area contributed by atoms with E-state index in [1.807, 2.05) is 0 Å². The summed E-state index contributed by atoms with van der Waals surface area (Å²) in [5, 5.41) is 4.07. The zero-order chi connectivity index (χ0) is 10.7. The van der Waals surface area contributed by atoms with Crippen molar-refractivity contribution in [3.63, 3.8) is 0 Å². The lowest BCUT2D eigenvalue weighted by atomic mass is 10.1. The SMILES string of the molecule is COc1cnn(C2CCCOC2)c(=O)c1. The largest absolute Gasteiger partial charge is 0.495 e. The van der Waals surface area contributed by atoms with E-state index in [2.05, 4.69) is 5.10 Å². The molecule has 5 nitrogen and oxygen atoms in total. The van der Waals surface area contributed by atoms with Crippen LogP contribution in [0.15, 0.2) is 17.1 Å². The van der Waals surface area contributed by atoms with Crippen molar-refractivity contribution >= 4 is 0 Å².